The highest BCUT2D eigenvalue weighted by atomic mass is 35.5. The van der Waals surface area contributed by atoms with Crippen molar-refractivity contribution in [3.8, 4) is 5.75 Å². The molecule has 0 radical (unpaired) electrons. The first-order chi connectivity index (χ1) is 13.9. The van der Waals surface area contributed by atoms with E-state index < -0.39 is 30.3 Å². The van der Waals surface area contributed by atoms with Crippen molar-refractivity contribution in [3.05, 3.63) is 58.6 Å². The standard InChI is InChI=1S/C22H28ClNO5/c1-2-29-17-6-3-13(4-7-17)9-14-10-16(5-8-18(14)23)24-19-11-15(12-25)20(26)22(28)21(19)27/h3-8,10,15,19-22,24-28H,2,9,11-12H2,1H3/t15-,19-,20-,21+,22+/m1/s1. The van der Waals surface area contributed by atoms with Crippen LogP contribution in [0.3, 0.4) is 0 Å². The van der Waals surface area contributed by atoms with Crippen molar-refractivity contribution >= 4 is 17.3 Å². The highest BCUT2D eigenvalue weighted by molar-refractivity contribution is 6.31. The average molecular weight is 422 g/mol. The summed E-state index contributed by atoms with van der Waals surface area (Å²) in [6.07, 6.45) is -2.62. The van der Waals surface area contributed by atoms with Gasteiger partial charge in [0.05, 0.1) is 18.8 Å². The van der Waals surface area contributed by atoms with Crippen molar-refractivity contribution in [1.82, 2.24) is 0 Å². The molecule has 5 N–H and O–H groups in total. The van der Waals surface area contributed by atoms with Gasteiger partial charge in [-0.1, -0.05) is 23.7 Å². The Balaban J connectivity index is 1.73. The quantitative estimate of drug-likeness (QED) is 0.470. The second-order valence-corrected chi connectivity index (χ2v) is 7.87. The van der Waals surface area contributed by atoms with Gasteiger partial charge >= 0.3 is 0 Å². The predicted octanol–water partition coefficient (Wildman–Crippen LogP) is 2.20. The van der Waals surface area contributed by atoms with Crippen molar-refractivity contribution in [3.63, 3.8) is 0 Å². The summed E-state index contributed by atoms with van der Waals surface area (Å²) < 4.78 is 5.47. The van der Waals surface area contributed by atoms with Gasteiger partial charge in [0.1, 0.15) is 18.0 Å². The molecule has 29 heavy (non-hydrogen) atoms. The van der Waals surface area contributed by atoms with Crippen LogP contribution >= 0.6 is 11.6 Å². The summed E-state index contributed by atoms with van der Waals surface area (Å²) in [5.41, 5.74) is 2.76. The number of aliphatic hydroxyl groups excluding tert-OH is 4. The monoisotopic (exact) mass is 421 g/mol. The maximum atomic E-state index is 10.3. The highest BCUT2D eigenvalue weighted by Gasteiger charge is 2.42. The summed E-state index contributed by atoms with van der Waals surface area (Å²) in [6, 6.07) is 12.9. The van der Waals surface area contributed by atoms with E-state index in [4.69, 9.17) is 16.3 Å². The van der Waals surface area contributed by atoms with Gasteiger partial charge in [0.15, 0.2) is 0 Å². The largest absolute Gasteiger partial charge is 0.494 e. The molecule has 0 aromatic heterocycles. The lowest BCUT2D eigenvalue weighted by molar-refractivity contribution is -0.122. The van der Waals surface area contributed by atoms with Gasteiger partial charge in [0.25, 0.3) is 0 Å². The van der Waals surface area contributed by atoms with Gasteiger partial charge in [0, 0.05) is 23.2 Å². The van der Waals surface area contributed by atoms with Crippen LogP contribution in [0.5, 0.6) is 5.75 Å². The summed E-state index contributed by atoms with van der Waals surface area (Å²) in [7, 11) is 0. The fourth-order valence-corrected chi connectivity index (χ4v) is 3.94. The van der Waals surface area contributed by atoms with E-state index in [1.54, 1.807) is 6.07 Å². The van der Waals surface area contributed by atoms with Crippen LogP contribution in [0.1, 0.15) is 24.5 Å². The Hall–Kier alpha value is -1.83. The first-order valence-corrected chi connectivity index (χ1v) is 10.2. The third-order valence-corrected chi connectivity index (χ3v) is 5.78. The number of hydrogen-bond donors (Lipinski definition) is 5. The molecular weight excluding hydrogens is 394 g/mol. The summed E-state index contributed by atoms with van der Waals surface area (Å²) in [6.45, 7) is 2.30. The Kier molecular flexibility index (Phi) is 7.38. The Bertz CT molecular complexity index is 798. The van der Waals surface area contributed by atoms with E-state index in [1.807, 2.05) is 43.3 Å². The molecule has 7 heteroatoms. The maximum Gasteiger partial charge on any atom is 0.119 e. The molecule has 3 rings (SSSR count). The lowest BCUT2D eigenvalue weighted by Crippen LogP contribution is -2.56. The predicted molar refractivity (Wildman–Crippen MR) is 112 cm³/mol. The molecule has 5 atom stereocenters. The fraction of sp³-hybridized carbons (Fsp3) is 0.455. The number of benzene rings is 2. The summed E-state index contributed by atoms with van der Waals surface area (Å²) in [5.74, 6) is 0.324. The number of ether oxygens (including phenoxy) is 1. The Morgan fingerprint density at radius 1 is 1.03 bits per heavy atom. The van der Waals surface area contributed by atoms with Crippen molar-refractivity contribution in [2.24, 2.45) is 5.92 Å². The molecule has 0 saturated heterocycles. The molecule has 1 saturated carbocycles. The van der Waals surface area contributed by atoms with Gasteiger partial charge < -0.3 is 30.5 Å². The zero-order chi connectivity index (χ0) is 21.0. The van der Waals surface area contributed by atoms with E-state index in [1.165, 1.54) is 0 Å². The molecule has 0 amide bonds. The van der Waals surface area contributed by atoms with Gasteiger partial charge in [-0.3, -0.25) is 0 Å². The summed E-state index contributed by atoms with van der Waals surface area (Å²) >= 11 is 6.38. The molecule has 2 aromatic carbocycles. The molecule has 1 aliphatic rings. The van der Waals surface area contributed by atoms with Crippen molar-refractivity contribution in [2.75, 3.05) is 18.5 Å². The van der Waals surface area contributed by atoms with Crippen LogP contribution in [0.25, 0.3) is 0 Å². The topological polar surface area (TPSA) is 102 Å². The molecule has 0 unspecified atom stereocenters. The number of hydrogen-bond acceptors (Lipinski definition) is 6. The molecular formula is C22H28ClNO5. The van der Waals surface area contributed by atoms with Gasteiger partial charge in [-0.2, -0.15) is 0 Å². The van der Waals surface area contributed by atoms with Gasteiger partial charge in [-0.05, 0) is 61.2 Å². The minimum absolute atomic E-state index is 0.257. The third-order valence-electron chi connectivity index (χ3n) is 5.41. The van der Waals surface area contributed by atoms with E-state index in [9.17, 15) is 20.4 Å². The molecule has 158 valence electrons. The molecule has 0 spiro atoms. The zero-order valence-corrected chi connectivity index (χ0v) is 17.1. The molecule has 0 heterocycles. The SMILES string of the molecule is CCOc1ccc(Cc2cc(N[C@@H]3C[C@H](CO)[C@@H](O)[C@H](O)[C@H]3O)ccc2Cl)cc1. The average Bonchev–Trinajstić information content (AvgIpc) is 2.72. The minimum atomic E-state index is -1.31. The number of nitrogens with one attached hydrogen (secondary N) is 1. The van der Waals surface area contributed by atoms with Crippen molar-refractivity contribution in [2.45, 2.75) is 44.1 Å². The van der Waals surface area contributed by atoms with Crippen LogP contribution in [0.15, 0.2) is 42.5 Å². The molecule has 2 aromatic rings. The van der Waals surface area contributed by atoms with Crippen LogP contribution in [0.2, 0.25) is 5.02 Å². The lowest BCUT2D eigenvalue weighted by Gasteiger charge is -2.40. The molecule has 1 fully saturated rings. The summed E-state index contributed by atoms with van der Waals surface area (Å²) in [4.78, 5) is 0. The van der Waals surface area contributed by atoms with Crippen LogP contribution in [-0.4, -0.2) is 58.0 Å². The van der Waals surface area contributed by atoms with E-state index >= 15 is 0 Å². The third kappa shape index (κ3) is 5.21. The number of halogens is 1. The maximum absolute atomic E-state index is 10.3. The number of anilines is 1. The van der Waals surface area contributed by atoms with Crippen molar-refractivity contribution < 1.29 is 25.2 Å². The minimum Gasteiger partial charge on any atom is -0.494 e. The van der Waals surface area contributed by atoms with E-state index in [0.717, 1.165) is 22.6 Å². The number of aliphatic hydroxyl groups is 4. The Morgan fingerprint density at radius 2 is 1.76 bits per heavy atom. The normalized spacial score (nSPS) is 26.9. The number of rotatable bonds is 7. The zero-order valence-electron chi connectivity index (χ0n) is 16.3. The molecule has 6 nitrogen and oxygen atoms in total. The highest BCUT2D eigenvalue weighted by Crippen LogP contribution is 2.30. The van der Waals surface area contributed by atoms with Crippen LogP contribution < -0.4 is 10.1 Å². The second kappa shape index (κ2) is 9.78. The first-order valence-electron chi connectivity index (χ1n) is 9.84. The van der Waals surface area contributed by atoms with E-state index in [-0.39, 0.29) is 6.61 Å². The lowest BCUT2D eigenvalue weighted by atomic mass is 9.79. The molecule has 1 aliphatic carbocycles. The van der Waals surface area contributed by atoms with Gasteiger partial charge in [0.2, 0.25) is 0 Å². The van der Waals surface area contributed by atoms with E-state index in [2.05, 4.69) is 5.32 Å². The second-order valence-electron chi connectivity index (χ2n) is 7.46. The smallest absolute Gasteiger partial charge is 0.119 e. The Labute approximate surface area is 175 Å². The van der Waals surface area contributed by atoms with Gasteiger partial charge in [-0.25, -0.2) is 0 Å². The van der Waals surface area contributed by atoms with Crippen molar-refractivity contribution in [1.29, 1.82) is 0 Å². The Morgan fingerprint density at radius 3 is 2.41 bits per heavy atom. The van der Waals surface area contributed by atoms with Crippen LogP contribution in [0, 0.1) is 5.92 Å². The fourth-order valence-electron chi connectivity index (χ4n) is 3.75. The van der Waals surface area contributed by atoms with Crippen LogP contribution in [-0.2, 0) is 6.42 Å². The molecule has 0 aliphatic heterocycles. The summed E-state index contributed by atoms with van der Waals surface area (Å²) in [5, 5.41) is 43.6. The molecule has 0 bridgehead atoms. The van der Waals surface area contributed by atoms with Gasteiger partial charge in [-0.15, -0.1) is 0 Å². The van der Waals surface area contributed by atoms with Crippen LogP contribution in [0.4, 0.5) is 5.69 Å². The first kappa shape index (κ1) is 21.9. The van der Waals surface area contributed by atoms with E-state index in [0.29, 0.717) is 24.5 Å².